The smallest absolute Gasteiger partial charge is 0.192 e. The molecule has 2 N–H and O–H groups in total. The zero-order valence-electron chi connectivity index (χ0n) is 6.03. The molecule has 56 valence electrons. The Labute approximate surface area is 58.8 Å². The van der Waals surface area contributed by atoms with Crippen molar-refractivity contribution < 1.29 is 4.63 Å². The summed E-state index contributed by atoms with van der Waals surface area (Å²) in [5.41, 5.74) is 6.08. The van der Waals surface area contributed by atoms with Gasteiger partial charge in [-0.3, -0.25) is 0 Å². The molecule has 1 aromatic rings. The molecule has 0 unspecified atom stereocenters. The van der Waals surface area contributed by atoms with Gasteiger partial charge in [0.25, 0.3) is 0 Å². The van der Waals surface area contributed by atoms with Crippen LogP contribution in [0.3, 0.4) is 0 Å². The van der Waals surface area contributed by atoms with Gasteiger partial charge in [0, 0.05) is 6.54 Å². The summed E-state index contributed by atoms with van der Waals surface area (Å²) in [6.07, 6.45) is 0. The molecule has 0 atom stereocenters. The zero-order valence-corrected chi connectivity index (χ0v) is 6.03. The van der Waals surface area contributed by atoms with Gasteiger partial charge in [0.2, 0.25) is 0 Å². The highest BCUT2D eigenvalue weighted by Crippen LogP contribution is 2.04. The lowest BCUT2D eigenvalue weighted by Gasteiger charge is -2.04. The lowest BCUT2D eigenvalue weighted by atomic mass is 10.4. The summed E-state index contributed by atoms with van der Waals surface area (Å²) >= 11 is 0. The second-order valence-electron chi connectivity index (χ2n) is 2.33. The fraction of sp³-hybridized carbons (Fsp3) is 0.600. The van der Waals surface area contributed by atoms with Gasteiger partial charge in [0.15, 0.2) is 5.82 Å². The van der Waals surface area contributed by atoms with Crippen LogP contribution in [0.25, 0.3) is 0 Å². The van der Waals surface area contributed by atoms with E-state index in [9.17, 15) is 0 Å². The Balaban J connectivity index is 2.65. The Bertz CT molecular complexity index is 207. The van der Waals surface area contributed by atoms with Crippen molar-refractivity contribution in [3.8, 4) is 0 Å². The highest BCUT2D eigenvalue weighted by atomic mass is 16.6. The second kappa shape index (κ2) is 2.66. The van der Waals surface area contributed by atoms with Crippen LogP contribution in [0.2, 0.25) is 0 Å². The van der Waals surface area contributed by atoms with E-state index in [4.69, 9.17) is 5.73 Å². The number of nitrogens with zero attached hydrogens (tertiary/aromatic N) is 3. The van der Waals surface area contributed by atoms with Gasteiger partial charge < -0.3 is 10.6 Å². The number of hydrogen-bond acceptors (Lipinski definition) is 5. The van der Waals surface area contributed by atoms with Crippen LogP contribution in [-0.4, -0.2) is 29.3 Å². The van der Waals surface area contributed by atoms with Crippen molar-refractivity contribution in [3.63, 3.8) is 0 Å². The van der Waals surface area contributed by atoms with E-state index in [1.165, 1.54) is 0 Å². The third kappa shape index (κ3) is 1.44. The summed E-state index contributed by atoms with van der Waals surface area (Å²) in [5.74, 6) is 0.369. The number of nitrogens with two attached hydrogens (primary N) is 1. The minimum atomic E-state index is 0.369. The van der Waals surface area contributed by atoms with Crippen LogP contribution in [0.1, 0.15) is 5.69 Å². The molecule has 0 bridgehead atoms. The normalized spacial score (nSPS) is 10.7. The summed E-state index contributed by atoms with van der Waals surface area (Å²) in [6, 6.07) is 0. The van der Waals surface area contributed by atoms with Crippen molar-refractivity contribution in [1.82, 2.24) is 15.2 Å². The van der Waals surface area contributed by atoms with Gasteiger partial charge in [-0.15, -0.1) is 0 Å². The average molecular weight is 142 g/mol. The molecule has 10 heavy (non-hydrogen) atoms. The summed E-state index contributed by atoms with van der Waals surface area (Å²) in [5, 5.41) is 7.04. The van der Waals surface area contributed by atoms with E-state index in [1.54, 1.807) is 0 Å². The minimum absolute atomic E-state index is 0.369. The van der Waals surface area contributed by atoms with E-state index in [2.05, 4.69) is 14.9 Å². The highest BCUT2D eigenvalue weighted by molar-refractivity contribution is 5.30. The molecule has 0 spiro atoms. The predicted molar refractivity (Wildman–Crippen MR) is 36.1 cm³/mol. The number of anilines is 1. The van der Waals surface area contributed by atoms with Crippen LogP contribution >= 0.6 is 0 Å². The van der Waals surface area contributed by atoms with E-state index in [0.29, 0.717) is 18.1 Å². The van der Waals surface area contributed by atoms with Crippen molar-refractivity contribution in [3.05, 3.63) is 5.69 Å². The highest BCUT2D eigenvalue weighted by Gasteiger charge is 2.05. The van der Waals surface area contributed by atoms with Crippen molar-refractivity contribution in [2.75, 3.05) is 19.8 Å². The molecule has 0 aliphatic heterocycles. The molecule has 5 nitrogen and oxygen atoms in total. The van der Waals surface area contributed by atoms with Crippen LogP contribution in [0.4, 0.5) is 5.82 Å². The second-order valence-corrected chi connectivity index (χ2v) is 2.33. The molecule has 0 saturated heterocycles. The average Bonchev–Trinajstić information content (AvgIpc) is 2.15. The van der Waals surface area contributed by atoms with Crippen LogP contribution in [0, 0.1) is 0 Å². The van der Waals surface area contributed by atoms with E-state index in [1.807, 2.05) is 19.0 Å². The summed E-state index contributed by atoms with van der Waals surface area (Å²) in [7, 11) is 3.85. The molecule has 0 fully saturated rings. The van der Waals surface area contributed by atoms with Crippen molar-refractivity contribution in [2.45, 2.75) is 6.54 Å². The number of nitrogen functional groups attached to an aromatic ring is 1. The Morgan fingerprint density at radius 1 is 1.50 bits per heavy atom. The molecule has 0 radical (unpaired) electrons. The third-order valence-corrected chi connectivity index (χ3v) is 1.05. The lowest BCUT2D eigenvalue weighted by molar-refractivity contribution is 0.295. The van der Waals surface area contributed by atoms with Crippen LogP contribution < -0.4 is 5.73 Å². The van der Waals surface area contributed by atoms with E-state index >= 15 is 0 Å². The van der Waals surface area contributed by atoms with E-state index in [0.717, 1.165) is 0 Å². The van der Waals surface area contributed by atoms with E-state index < -0.39 is 0 Å². The maximum absolute atomic E-state index is 5.39. The Kier molecular flexibility index (Phi) is 1.86. The van der Waals surface area contributed by atoms with Crippen LogP contribution in [0.15, 0.2) is 4.63 Å². The van der Waals surface area contributed by atoms with Gasteiger partial charge >= 0.3 is 0 Å². The van der Waals surface area contributed by atoms with Crippen molar-refractivity contribution >= 4 is 5.82 Å². The Morgan fingerprint density at radius 2 is 2.20 bits per heavy atom. The minimum Gasteiger partial charge on any atom is -0.379 e. The van der Waals surface area contributed by atoms with Gasteiger partial charge in [-0.25, -0.2) is 4.63 Å². The number of hydrogen-bond donors (Lipinski definition) is 1. The molecule has 1 heterocycles. The van der Waals surface area contributed by atoms with Gasteiger partial charge in [-0.1, -0.05) is 5.16 Å². The molecular weight excluding hydrogens is 132 g/mol. The standard InChI is InChI=1S/C5H10N4O/c1-9(2)3-4-5(6)8-10-7-4/h3H2,1-2H3,(H2,6,8). The molecule has 0 amide bonds. The number of aromatic nitrogens is 2. The SMILES string of the molecule is CN(C)Cc1nonc1N. The summed E-state index contributed by atoms with van der Waals surface area (Å²) in [6.45, 7) is 0.662. The first-order valence-corrected chi connectivity index (χ1v) is 2.92. The van der Waals surface area contributed by atoms with Gasteiger partial charge in [0.1, 0.15) is 5.69 Å². The summed E-state index contributed by atoms with van der Waals surface area (Å²) in [4.78, 5) is 1.94. The molecule has 0 saturated carbocycles. The first-order valence-electron chi connectivity index (χ1n) is 2.92. The molecule has 5 heteroatoms. The molecule has 1 aromatic heterocycles. The molecule has 0 aromatic carbocycles. The molecular formula is C5H10N4O. The van der Waals surface area contributed by atoms with Crippen molar-refractivity contribution in [1.29, 1.82) is 0 Å². The predicted octanol–water partition coefficient (Wildman–Crippen LogP) is -0.287. The lowest BCUT2D eigenvalue weighted by Crippen LogP contribution is -2.12. The Hall–Kier alpha value is -1.10. The fourth-order valence-electron chi connectivity index (χ4n) is 0.623. The first-order chi connectivity index (χ1) is 4.70. The largest absolute Gasteiger partial charge is 0.379 e. The zero-order chi connectivity index (χ0) is 7.56. The maximum Gasteiger partial charge on any atom is 0.192 e. The van der Waals surface area contributed by atoms with E-state index in [-0.39, 0.29) is 0 Å². The monoisotopic (exact) mass is 142 g/mol. The van der Waals surface area contributed by atoms with Gasteiger partial charge in [-0.05, 0) is 19.3 Å². The molecule has 1 rings (SSSR count). The first kappa shape index (κ1) is 7.01. The van der Waals surface area contributed by atoms with Gasteiger partial charge in [0.05, 0.1) is 0 Å². The summed E-state index contributed by atoms with van der Waals surface area (Å²) < 4.78 is 4.39. The number of rotatable bonds is 2. The maximum atomic E-state index is 5.39. The van der Waals surface area contributed by atoms with Crippen LogP contribution in [-0.2, 0) is 6.54 Å². The molecule has 0 aliphatic carbocycles. The topological polar surface area (TPSA) is 68.2 Å². The van der Waals surface area contributed by atoms with Crippen LogP contribution in [0.5, 0.6) is 0 Å². The Morgan fingerprint density at radius 3 is 2.60 bits per heavy atom. The van der Waals surface area contributed by atoms with Crippen molar-refractivity contribution in [2.24, 2.45) is 0 Å². The third-order valence-electron chi connectivity index (χ3n) is 1.05. The quantitative estimate of drug-likeness (QED) is 0.614. The van der Waals surface area contributed by atoms with Gasteiger partial charge in [-0.2, -0.15) is 0 Å². The molecule has 0 aliphatic rings. The fourth-order valence-corrected chi connectivity index (χ4v) is 0.623.